The zero-order chi connectivity index (χ0) is 15.7. The molecule has 2 heterocycles. The van der Waals surface area contributed by atoms with Crippen LogP contribution in [0.1, 0.15) is 27.7 Å². The third-order valence-corrected chi connectivity index (χ3v) is 4.66. The Morgan fingerprint density at radius 1 is 1.32 bits per heavy atom. The molecule has 6 heteroatoms. The summed E-state index contributed by atoms with van der Waals surface area (Å²) in [5, 5.41) is 9.53. The molecule has 1 aromatic carbocycles. The molecular weight excluding hydrogens is 300 g/mol. The van der Waals surface area contributed by atoms with Crippen molar-refractivity contribution in [1.29, 1.82) is 0 Å². The molecule has 22 heavy (non-hydrogen) atoms. The average Bonchev–Trinajstić information content (AvgIpc) is 2.95. The van der Waals surface area contributed by atoms with Gasteiger partial charge in [0.15, 0.2) is 0 Å². The Bertz CT molecular complexity index is 894. The Balaban J connectivity index is 1.95. The summed E-state index contributed by atoms with van der Waals surface area (Å²) in [6, 6.07) is 8.40. The number of aromatic nitrogens is 2. The van der Waals surface area contributed by atoms with E-state index in [0.29, 0.717) is 11.9 Å². The van der Waals surface area contributed by atoms with Crippen molar-refractivity contribution in [2.24, 2.45) is 0 Å². The molecule has 0 aliphatic carbocycles. The molecule has 0 aliphatic rings. The van der Waals surface area contributed by atoms with E-state index in [9.17, 15) is 9.59 Å². The fraction of sp³-hybridized carbons (Fsp3) is 0.188. The normalized spacial score (nSPS) is 11.0. The molecule has 0 saturated heterocycles. The summed E-state index contributed by atoms with van der Waals surface area (Å²) < 4.78 is 1.55. The predicted molar refractivity (Wildman–Crippen MR) is 85.8 cm³/mol. The Kier molecular flexibility index (Phi) is 3.77. The molecule has 0 atom stereocenters. The minimum absolute atomic E-state index is 0.0664. The van der Waals surface area contributed by atoms with Gasteiger partial charge in [-0.3, -0.25) is 9.36 Å². The SMILES string of the molecule is CCc1cc2c(=O)n(Cc3ccc(C(=O)O)cc3)cnc2s1. The predicted octanol–water partition coefficient (Wildman–Crippen LogP) is 2.77. The van der Waals surface area contributed by atoms with E-state index >= 15 is 0 Å². The molecule has 0 amide bonds. The molecule has 0 unspecified atom stereocenters. The first-order valence-corrected chi connectivity index (χ1v) is 7.70. The number of hydrogen-bond donors (Lipinski definition) is 1. The van der Waals surface area contributed by atoms with Gasteiger partial charge in [-0.05, 0) is 30.2 Å². The lowest BCUT2D eigenvalue weighted by atomic mass is 10.1. The minimum Gasteiger partial charge on any atom is -0.478 e. The van der Waals surface area contributed by atoms with Crippen LogP contribution in [0.2, 0.25) is 0 Å². The molecule has 0 fully saturated rings. The maximum Gasteiger partial charge on any atom is 0.335 e. The number of fused-ring (bicyclic) bond motifs is 1. The number of aromatic carboxylic acids is 1. The Labute approximate surface area is 130 Å². The highest BCUT2D eigenvalue weighted by Gasteiger charge is 2.09. The molecule has 3 rings (SSSR count). The minimum atomic E-state index is -0.961. The topological polar surface area (TPSA) is 72.2 Å². The van der Waals surface area contributed by atoms with E-state index in [2.05, 4.69) is 4.98 Å². The quantitative estimate of drug-likeness (QED) is 0.803. The van der Waals surface area contributed by atoms with Gasteiger partial charge in [0, 0.05) is 4.88 Å². The van der Waals surface area contributed by atoms with Gasteiger partial charge in [0.25, 0.3) is 5.56 Å². The van der Waals surface area contributed by atoms with Crippen molar-refractivity contribution < 1.29 is 9.90 Å². The summed E-state index contributed by atoms with van der Waals surface area (Å²) in [5.41, 5.74) is 1.03. The maximum absolute atomic E-state index is 12.5. The van der Waals surface area contributed by atoms with E-state index in [1.165, 1.54) is 12.1 Å². The number of hydrogen-bond acceptors (Lipinski definition) is 4. The van der Waals surface area contributed by atoms with Crippen molar-refractivity contribution in [3.63, 3.8) is 0 Å². The fourth-order valence-corrected chi connectivity index (χ4v) is 3.17. The maximum atomic E-state index is 12.5. The van der Waals surface area contributed by atoms with Gasteiger partial charge in [0.05, 0.1) is 23.8 Å². The lowest BCUT2D eigenvalue weighted by Crippen LogP contribution is -2.20. The second kappa shape index (κ2) is 5.73. The van der Waals surface area contributed by atoms with Crippen LogP contribution >= 0.6 is 11.3 Å². The molecule has 1 N–H and O–H groups in total. The van der Waals surface area contributed by atoms with Crippen LogP contribution < -0.4 is 5.56 Å². The molecule has 112 valence electrons. The van der Waals surface area contributed by atoms with Crippen molar-refractivity contribution in [2.75, 3.05) is 0 Å². The molecule has 0 aliphatic heterocycles. The highest BCUT2D eigenvalue weighted by Crippen LogP contribution is 2.21. The van der Waals surface area contributed by atoms with Crippen LogP contribution in [0.4, 0.5) is 0 Å². The van der Waals surface area contributed by atoms with Gasteiger partial charge in [0.2, 0.25) is 0 Å². The molecule has 2 aromatic heterocycles. The van der Waals surface area contributed by atoms with Gasteiger partial charge in [-0.25, -0.2) is 9.78 Å². The summed E-state index contributed by atoms with van der Waals surface area (Å²) >= 11 is 1.54. The summed E-state index contributed by atoms with van der Waals surface area (Å²) in [6.45, 7) is 2.42. The second-order valence-corrected chi connectivity index (χ2v) is 6.08. The zero-order valence-electron chi connectivity index (χ0n) is 11.9. The number of carboxylic acids is 1. The number of thiophene rings is 1. The van der Waals surface area contributed by atoms with Gasteiger partial charge in [-0.1, -0.05) is 19.1 Å². The van der Waals surface area contributed by atoms with Gasteiger partial charge < -0.3 is 5.11 Å². The molecule has 0 radical (unpaired) electrons. The van der Waals surface area contributed by atoms with E-state index in [4.69, 9.17) is 5.11 Å². The first kappa shape index (κ1) is 14.5. The van der Waals surface area contributed by atoms with Crippen molar-refractivity contribution in [1.82, 2.24) is 9.55 Å². The highest BCUT2D eigenvalue weighted by molar-refractivity contribution is 7.18. The van der Waals surface area contributed by atoms with E-state index in [1.54, 1.807) is 34.4 Å². The number of nitrogens with zero attached hydrogens (tertiary/aromatic N) is 2. The Hall–Kier alpha value is -2.47. The number of rotatable bonds is 4. The van der Waals surface area contributed by atoms with Crippen LogP contribution in [0.5, 0.6) is 0 Å². The van der Waals surface area contributed by atoms with E-state index in [0.717, 1.165) is 21.7 Å². The monoisotopic (exact) mass is 314 g/mol. The second-order valence-electron chi connectivity index (χ2n) is 4.96. The van der Waals surface area contributed by atoms with Crippen molar-refractivity contribution in [2.45, 2.75) is 19.9 Å². The van der Waals surface area contributed by atoms with Crippen molar-refractivity contribution >= 4 is 27.5 Å². The van der Waals surface area contributed by atoms with E-state index in [1.807, 2.05) is 13.0 Å². The number of carboxylic acid groups (broad SMARTS) is 1. The number of aryl methyl sites for hydroxylation is 1. The van der Waals surface area contributed by atoms with Crippen LogP contribution in [0.15, 0.2) is 41.5 Å². The van der Waals surface area contributed by atoms with Crippen molar-refractivity contribution in [3.8, 4) is 0 Å². The van der Waals surface area contributed by atoms with Crippen LogP contribution in [0.25, 0.3) is 10.2 Å². The first-order chi connectivity index (χ1) is 10.6. The largest absolute Gasteiger partial charge is 0.478 e. The number of benzene rings is 1. The molecule has 3 aromatic rings. The van der Waals surface area contributed by atoms with Gasteiger partial charge in [-0.2, -0.15) is 0 Å². The zero-order valence-corrected chi connectivity index (χ0v) is 12.8. The van der Waals surface area contributed by atoms with Crippen LogP contribution in [0.3, 0.4) is 0 Å². The third-order valence-electron chi connectivity index (χ3n) is 3.47. The molecular formula is C16H14N2O3S. The van der Waals surface area contributed by atoms with E-state index in [-0.39, 0.29) is 11.1 Å². The highest BCUT2D eigenvalue weighted by atomic mass is 32.1. The van der Waals surface area contributed by atoms with Gasteiger partial charge in [-0.15, -0.1) is 11.3 Å². The lowest BCUT2D eigenvalue weighted by molar-refractivity contribution is 0.0697. The molecule has 0 bridgehead atoms. The van der Waals surface area contributed by atoms with Crippen molar-refractivity contribution in [3.05, 3.63) is 63.0 Å². The smallest absolute Gasteiger partial charge is 0.335 e. The van der Waals surface area contributed by atoms with Crippen LogP contribution in [0, 0.1) is 0 Å². The Morgan fingerprint density at radius 3 is 2.68 bits per heavy atom. The lowest BCUT2D eigenvalue weighted by Gasteiger charge is -2.05. The molecule has 0 saturated carbocycles. The average molecular weight is 314 g/mol. The molecule has 0 spiro atoms. The van der Waals surface area contributed by atoms with Crippen LogP contribution in [-0.4, -0.2) is 20.6 Å². The van der Waals surface area contributed by atoms with E-state index < -0.39 is 5.97 Å². The Morgan fingerprint density at radius 2 is 2.05 bits per heavy atom. The fourth-order valence-electron chi connectivity index (χ4n) is 2.25. The summed E-state index contributed by atoms with van der Waals surface area (Å²) in [4.78, 5) is 29.6. The van der Waals surface area contributed by atoms with Gasteiger partial charge >= 0.3 is 5.97 Å². The molecule has 5 nitrogen and oxygen atoms in total. The third kappa shape index (κ3) is 2.65. The van der Waals surface area contributed by atoms with Crippen LogP contribution in [-0.2, 0) is 13.0 Å². The summed E-state index contributed by atoms with van der Waals surface area (Å²) in [5.74, 6) is -0.961. The summed E-state index contributed by atoms with van der Waals surface area (Å²) in [6.07, 6.45) is 2.43. The standard InChI is InChI=1S/C16H14N2O3S/c1-2-12-7-13-14(22-12)17-9-18(15(13)19)8-10-3-5-11(6-4-10)16(20)21/h3-7,9H,2,8H2,1H3,(H,20,21). The summed E-state index contributed by atoms with van der Waals surface area (Å²) in [7, 11) is 0. The number of carbonyl (C=O) groups is 1. The first-order valence-electron chi connectivity index (χ1n) is 6.88. The van der Waals surface area contributed by atoms with Gasteiger partial charge in [0.1, 0.15) is 4.83 Å².